The summed E-state index contributed by atoms with van der Waals surface area (Å²) in [5.41, 5.74) is 3.05. The predicted octanol–water partition coefficient (Wildman–Crippen LogP) is 4.26. The third-order valence-corrected chi connectivity index (χ3v) is 4.73. The summed E-state index contributed by atoms with van der Waals surface area (Å²) in [5.74, 6) is 1.29. The summed E-state index contributed by atoms with van der Waals surface area (Å²) in [6.45, 7) is 5.25. The minimum atomic E-state index is -0.128. The number of methoxy groups -OCH3 is 1. The van der Waals surface area contributed by atoms with Crippen LogP contribution in [-0.2, 0) is 16.2 Å². The van der Waals surface area contributed by atoms with E-state index in [9.17, 15) is 4.79 Å². The molecular formula is C23H28N2O3. The van der Waals surface area contributed by atoms with E-state index in [0.29, 0.717) is 31.8 Å². The van der Waals surface area contributed by atoms with Gasteiger partial charge in [0.25, 0.3) is 0 Å². The van der Waals surface area contributed by atoms with Crippen LogP contribution in [0.25, 0.3) is 0 Å². The van der Waals surface area contributed by atoms with Gasteiger partial charge in [0, 0.05) is 19.4 Å². The maximum Gasteiger partial charge on any atom is 0.223 e. The van der Waals surface area contributed by atoms with Crippen molar-refractivity contribution in [2.75, 3.05) is 13.7 Å². The number of ether oxygens (including phenoxy) is 1. The highest BCUT2D eigenvalue weighted by Gasteiger charge is 2.27. The lowest BCUT2D eigenvalue weighted by Crippen LogP contribution is -2.37. The number of hydrogen-bond donors (Lipinski definition) is 0. The van der Waals surface area contributed by atoms with Gasteiger partial charge in [-0.3, -0.25) is 4.79 Å². The molecule has 0 aliphatic carbocycles. The average molecular weight is 380 g/mol. The maximum atomic E-state index is 12.8. The van der Waals surface area contributed by atoms with Crippen molar-refractivity contribution in [3.63, 3.8) is 0 Å². The molecule has 148 valence electrons. The number of benzene rings is 2. The average Bonchev–Trinajstić information content (AvgIpc) is 3.16. The summed E-state index contributed by atoms with van der Waals surface area (Å²) in [4.78, 5) is 20.3. The van der Waals surface area contributed by atoms with Crippen LogP contribution in [0.5, 0.6) is 5.75 Å². The van der Waals surface area contributed by atoms with Crippen molar-refractivity contribution < 1.29 is 14.4 Å². The van der Waals surface area contributed by atoms with Crippen LogP contribution in [0.2, 0.25) is 0 Å². The van der Waals surface area contributed by atoms with E-state index in [0.717, 1.165) is 22.6 Å². The Bertz CT molecular complexity index is 800. The molecule has 3 rings (SSSR count). The van der Waals surface area contributed by atoms with E-state index in [1.54, 1.807) is 7.11 Å². The van der Waals surface area contributed by atoms with Crippen LogP contribution in [0, 0.1) is 5.92 Å². The molecule has 5 nitrogen and oxygen atoms in total. The lowest BCUT2D eigenvalue weighted by atomic mass is 10.0. The zero-order chi connectivity index (χ0) is 19.9. The number of hydrogen-bond acceptors (Lipinski definition) is 4. The first-order chi connectivity index (χ1) is 13.5. The van der Waals surface area contributed by atoms with Gasteiger partial charge in [-0.15, -0.1) is 0 Å². The highest BCUT2D eigenvalue weighted by Crippen LogP contribution is 2.21. The van der Waals surface area contributed by atoms with Gasteiger partial charge < -0.3 is 14.5 Å². The zero-order valence-corrected chi connectivity index (χ0v) is 16.8. The second-order valence-corrected chi connectivity index (χ2v) is 7.56. The molecule has 1 heterocycles. The zero-order valence-electron chi connectivity index (χ0n) is 16.8. The van der Waals surface area contributed by atoms with E-state index in [2.05, 4.69) is 19.0 Å². The van der Waals surface area contributed by atoms with Crippen LogP contribution in [-0.4, -0.2) is 36.3 Å². The number of carbonyl (C=O) groups is 1. The first-order valence-corrected chi connectivity index (χ1v) is 9.74. The lowest BCUT2D eigenvalue weighted by molar-refractivity contribution is -0.134. The summed E-state index contributed by atoms with van der Waals surface area (Å²) >= 11 is 0. The summed E-state index contributed by atoms with van der Waals surface area (Å²) in [7, 11) is 1.65. The molecule has 1 amide bonds. The van der Waals surface area contributed by atoms with Gasteiger partial charge in [-0.25, -0.2) is 0 Å². The van der Waals surface area contributed by atoms with Crippen molar-refractivity contribution >= 4 is 11.6 Å². The van der Waals surface area contributed by atoms with Crippen molar-refractivity contribution in [1.82, 2.24) is 4.90 Å². The van der Waals surface area contributed by atoms with E-state index in [4.69, 9.17) is 9.57 Å². The monoisotopic (exact) mass is 380 g/mol. The van der Waals surface area contributed by atoms with Crippen LogP contribution in [0.3, 0.4) is 0 Å². The Hall–Kier alpha value is -2.82. The van der Waals surface area contributed by atoms with Gasteiger partial charge in [0.2, 0.25) is 5.91 Å². The molecule has 2 aromatic carbocycles. The van der Waals surface area contributed by atoms with E-state index in [-0.39, 0.29) is 12.0 Å². The highest BCUT2D eigenvalue weighted by molar-refractivity contribution is 6.01. The number of carbonyl (C=O) groups excluding carboxylic acids is 1. The summed E-state index contributed by atoms with van der Waals surface area (Å²) in [6, 6.07) is 17.9. The van der Waals surface area contributed by atoms with Crippen molar-refractivity contribution in [3.8, 4) is 5.75 Å². The van der Waals surface area contributed by atoms with Gasteiger partial charge in [0.05, 0.1) is 19.4 Å². The standard InChI is InChI=1S/C23H28N2O3/c1-17(2)13-23(26)25(15-18-7-5-4-6-8-18)16-21-14-22(24-28-21)19-9-11-20(27-3)12-10-19/h4-12,17,21H,13-16H2,1-3H3/t21-/m1/s1. The quantitative estimate of drug-likeness (QED) is 0.687. The molecule has 28 heavy (non-hydrogen) atoms. The molecule has 2 aromatic rings. The minimum Gasteiger partial charge on any atom is -0.497 e. The molecule has 0 radical (unpaired) electrons. The van der Waals surface area contributed by atoms with Crippen molar-refractivity contribution in [3.05, 3.63) is 65.7 Å². The smallest absolute Gasteiger partial charge is 0.223 e. The van der Waals surface area contributed by atoms with E-state index < -0.39 is 0 Å². The number of nitrogens with zero attached hydrogens (tertiary/aromatic N) is 2. The molecule has 0 aromatic heterocycles. The Kier molecular flexibility index (Phi) is 6.69. The van der Waals surface area contributed by atoms with Crippen LogP contribution in [0.4, 0.5) is 0 Å². The van der Waals surface area contributed by atoms with Crippen molar-refractivity contribution in [2.24, 2.45) is 11.1 Å². The van der Waals surface area contributed by atoms with Gasteiger partial charge >= 0.3 is 0 Å². The van der Waals surface area contributed by atoms with Crippen LogP contribution >= 0.6 is 0 Å². The molecule has 1 aliphatic heterocycles. The van der Waals surface area contributed by atoms with Gasteiger partial charge in [-0.2, -0.15) is 0 Å². The molecule has 0 N–H and O–H groups in total. The summed E-state index contributed by atoms with van der Waals surface area (Å²) in [6.07, 6.45) is 1.09. The molecule has 5 heteroatoms. The van der Waals surface area contributed by atoms with Crippen molar-refractivity contribution in [1.29, 1.82) is 0 Å². The van der Waals surface area contributed by atoms with Crippen LogP contribution in [0.1, 0.15) is 37.8 Å². The molecule has 0 fully saturated rings. The first kappa shape index (κ1) is 19.9. The van der Waals surface area contributed by atoms with Gasteiger partial charge in [0.15, 0.2) is 6.10 Å². The topological polar surface area (TPSA) is 51.1 Å². The second kappa shape index (κ2) is 9.40. The number of amides is 1. The lowest BCUT2D eigenvalue weighted by Gasteiger charge is -2.26. The second-order valence-electron chi connectivity index (χ2n) is 7.56. The fourth-order valence-electron chi connectivity index (χ4n) is 3.26. The van der Waals surface area contributed by atoms with Crippen molar-refractivity contribution in [2.45, 2.75) is 39.3 Å². The normalized spacial score (nSPS) is 15.9. The Morgan fingerprint density at radius 1 is 1.18 bits per heavy atom. The molecule has 1 atom stereocenters. The van der Waals surface area contributed by atoms with E-state index >= 15 is 0 Å². The molecule has 0 bridgehead atoms. The Labute approximate surface area is 166 Å². The summed E-state index contributed by atoms with van der Waals surface area (Å²) < 4.78 is 5.20. The Morgan fingerprint density at radius 3 is 2.54 bits per heavy atom. The SMILES string of the molecule is COc1ccc(C2=NO[C@@H](CN(Cc3ccccc3)C(=O)CC(C)C)C2)cc1. The third kappa shape index (κ3) is 5.35. The van der Waals surface area contributed by atoms with Gasteiger partial charge in [-0.1, -0.05) is 49.3 Å². The van der Waals surface area contributed by atoms with Crippen LogP contribution < -0.4 is 4.74 Å². The molecule has 0 spiro atoms. The molecule has 0 saturated heterocycles. The fraction of sp³-hybridized carbons (Fsp3) is 0.391. The molecule has 1 aliphatic rings. The fourth-order valence-corrected chi connectivity index (χ4v) is 3.26. The van der Waals surface area contributed by atoms with Gasteiger partial charge in [0.1, 0.15) is 5.75 Å². The van der Waals surface area contributed by atoms with Crippen LogP contribution in [0.15, 0.2) is 59.8 Å². The third-order valence-electron chi connectivity index (χ3n) is 4.73. The number of oxime groups is 1. The minimum absolute atomic E-state index is 0.128. The number of rotatable bonds is 8. The Balaban J connectivity index is 1.64. The molecule has 0 unspecified atom stereocenters. The maximum absolute atomic E-state index is 12.8. The summed E-state index contributed by atoms with van der Waals surface area (Å²) in [5, 5.41) is 4.26. The van der Waals surface area contributed by atoms with Gasteiger partial charge in [-0.05, 0) is 41.3 Å². The first-order valence-electron chi connectivity index (χ1n) is 9.74. The predicted molar refractivity (Wildman–Crippen MR) is 110 cm³/mol. The molecule has 0 saturated carbocycles. The largest absolute Gasteiger partial charge is 0.497 e. The highest BCUT2D eigenvalue weighted by atomic mass is 16.6. The molecular weight excluding hydrogens is 352 g/mol. The van der Waals surface area contributed by atoms with E-state index in [1.807, 2.05) is 59.5 Å². The Morgan fingerprint density at radius 2 is 1.89 bits per heavy atom. The van der Waals surface area contributed by atoms with E-state index in [1.165, 1.54) is 0 Å².